The van der Waals surface area contributed by atoms with Crippen molar-refractivity contribution < 1.29 is 17.6 Å². The molecule has 0 aliphatic carbocycles. The summed E-state index contributed by atoms with van der Waals surface area (Å²) in [6.07, 6.45) is 0. The molecule has 1 N–H and O–H groups in total. The number of carbonyl (C=O) groups excluding carboxylic acids is 1. The smallest absolute Gasteiger partial charge is 0.264 e. The largest absolute Gasteiger partial charge is 0.325 e. The zero-order chi connectivity index (χ0) is 21.9. The van der Waals surface area contributed by atoms with Gasteiger partial charge in [0.2, 0.25) is 5.91 Å². The quantitative estimate of drug-likeness (QED) is 0.537. The Balaban J connectivity index is 1.99. The van der Waals surface area contributed by atoms with E-state index in [1.165, 1.54) is 54.6 Å². The minimum absolute atomic E-state index is 0.00118. The van der Waals surface area contributed by atoms with E-state index >= 15 is 0 Å². The van der Waals surface area contributed by atoms with Gasteiger partial charge >= 0.3 is 0 Å². The van der Waals surface area contributed by atoms with Crippen LogP contribution in [0.1, 0.15) is 5.56 Å². The summed E-state index contributed by atoms with van der Waals surface area (Å²) in [4.78, 5) is 12.6. The van der Waals surface area contributed by atoms with Crippen molar-refractivity contribution in [3.63, 3.8) is 0 Å². The molecule has 0 saturated carbocycles. The molecule has 0 aliphatic heterocycles. The van der Waals surface area contributed by atoms with E-state index in [9.17, 15) is 17.6 Å². The molecule has 1 amide bonds. The van der Waals surface area contributed by atoms with Crippen LogP contribution < -0.4 is 9.62 Å². The topological polar surface area (TPSA) is 66.5 Å². The van der Waals surface area contributed by atoms with Crippen molar-refractivity contribution in [2.45, 2.75) is 11.8 Å². The van der Waals surface area contributed by atoms with Gasteiger partial charge in [-0.1, -0.05) is 40.9 Å². The van der Waals surface area contributed by atoms with E-state index in [0.29, 0.717) is 5.69 Å². The Morgan fingerprint density at radius 1 is 1.00 bits per heavy atom. The van der Waals surface area contributed by atoms with Gasteiger partial charge in [-0.05, 0) is 61.5 Å². The fraction of sp³-hybridized carbons (Fsp3) is 0.0952. The summed E-state index contributed by atoms with van der Waals surface area (Å²) < 4.78 is 40.6. The number of nitrogens with zero attached hydrogens (tertiary/aromatic N) is 1. The molecule has 0 fully saturated rings. The summed E-state index contributed by atoms with van der Waals surface area (Å²) in [6.45, 7) is 1.27. The van der Waals surface area contributed by atoms with Crippen molar-refractivity contribution in [1.82, 2.24) is 0 Å². The first-order valence-corrected chi connectivity index (χ1v) is 11.0. The number of nitrogens with one attached hydrogen (secondary N) is 1. The van der Waals surface area contributed by atoms with E-state index in [4.69, 9.17) is 23.2 Å². The van der Waals surface area contributed by atoms with Crippen LogP contribution in [0.3, 0.4) is 0 Å². The van der Waals surface area contributed by atoms with Crippen LogP contribution in [0.4, 0.5) is 15.8 Å². The number of halogens is 3. The molecule has 0 atom stereocenters. The highest BCUT2D eigenvalue weighted by Gasteiger charge is 2.29. The van der Waals surface area contributed by atoms with Crippen molar-refractivity contribution in [1.29, 1.82) is 0 Å². The molecule has 0 unspecified atom stereocenters. The Bertz CT molecular complexity index is 1170. The monoisotopic (exact) mass is 466 g/mol. The van der Waals surface area contributed by atoms with Gasteiger partial charge in [-0.2, -0.15) is 0 Å². The fourth-order valence-corrected chi connectivity index (χ4v) is 4.55. The molecule has 0 heterocycles. The number of anilines is 2. The second-order valence-corrected chi connectivity index (χ2v) is 9.18. The molecule has 0 aromatic heterocycles. The Kier molecular flexibility index (Phi) is 6.65. The second kappa shape index (κ2) is 9.04. The number of sulfonamides is 1. The highest BCUT2D eigenvalue weighted by Crippen LogP contribution is 2.33. The number of hydrogen-bond donors (Lipinski definition) is 1. The molecule has 9 heteroatoms. The lowest BCUT2D eigenvalue weighted by molar-refractivity contribution is -0.114. The molecular formula is C21H17Cl2FN2O3S. The van der Waals surface area contributed by atoms with Gasteiger partial charge in [-0.3, -0.25) is 9.10 Å². The zero-order valence-electron chi connectivity index (χ0n) is 15.8. The number of carbonyl (C=O) groups is 1. The molecule has 0 spiro atoms. The van der Waals surface area contributed by atoms with Crippen LogP contribution in [-0.2, 0) is 14.8 Å². The van der Waals surface area contributed by atoms with Gasteiger partial charge in [-0.25, -0.2) is 12.8 Å². The Morgan fingerprint density at radius 2 is 1.63 bits per heavy atom. The van der Waals surface area contributed by atoms with Gasteiger partial charge in [0, 0.05) is 10.7 Å². The molecule has 3 aromatic carbocycles. The SMILES string of the molecule is Cc1ccc(S(=O)(=O)N(CC(=O)Nc2ccc(F)cc2)c2cc(Cl)ccc2Cl)cc1. The maximum absolute atomic E-state index is 13.3. The molecule has 30 heavy (non-hydrogen) atoms. The summed E-state index contributed by atoms with van der Waals surface area (Å²) >= 11 is 12.3. The van der Waals surface area contributed by atoms with E-state index in [2.05, 4.69) is 5.32 Å². The molecular weight excluding hydrogens is 450 g/mol. The van der Waals surface area contributed by atoms with Crippen LogP contribution in [-0.4, -0.2) is 20.9 Å². The van der Waals surface area contributed by atoms with Gasteiger partial charge in [0.05, 0.1) is 15.6 Å². The number of hydrogen-bond acceptors (Lipinski definition) is 3. The average molecular weight is 467 g/mol. The third kappa shape index (κ3) is 5.11. The molecule has 0 saturated heterocycles. The highest BCUT2D eigenvalue weighted by molar-refractivity contribution is 7.92. The Morgan fingerprint density at radius 3 is 2.27 bits per heavy atom. The number of amides is 1. The molecule has 3 aromatic rings. The van der Waals surface area contributed by atoms with E-state index in [-0.39, 0.29) is 20.6 Å². The van der Waals surface area contributed by atoms with Gasteiger partial charge in [0.15, 0.2) is 0 Å². The second-order valence-electron chi connectivity index (χ2n) is 6.48. The van der Waals surface area contributed by atoms with E-state index in [1.54, 1.807) is 12.1 Å². The number of aryl methyl sites for hydroxylation is 1. The third-order valence-corrected chi connectivity index (χ3v) is 6.53. The summed E-state index contributed by atoms with van der Waals surface area (Å²) in [6, 6.07) is 15.7. The maximum Gasteiger partial charge on any atom is 0.264 e. The van der Waals surface area contributed by atoms with Gasteiger partial charge in [-0.15, -0.1) is 0 Å². The molecule has 0 radical (unpaired) electrons. The van der Waals surface area contributed by atoms with Gasteiger partial charge in [0.25, 0.3) is 10.0 Å². The lowest BCUT2D eigenvalue weighted by Gasteiger charge is -2.25. The number of rotatable bonds is 6. The van der Waals surface area contributed by atoms with Gasteiger partial charge < -0.3 is 5.32 Å². The minimum atomic E-state index is -4.13. The molecule has 0 aliphatic rings. The Hall–Kier alpha value is -2.61. The van der Waals surface area contributed by atoms with Crippen LogP contribution in [0.15, 0.2) is 71.6 Å². The highest BCUT2D eigenvalue weighted by atomic mass is 35.5. The minimum Gasteiger partial charge on any atom is -0.325 e. The van der Waals surface area contributed by atoms with Crippen molar-refractivity contribution in [3.8, 4) is 0 Å². The molecule has 5 nitrogen and oxygen atoms in total. The fourth-order valence-electron chi connectivity index (χ4n) is 2.68. The molecule has 3 rings (SSSR count). The first-order chi connectivity index (χ1) is 14.2. The maximum atomic E-state index is 13.3. The van der Waals surface area contributed by atoms with Crippen molar-refractivity contribution >= 4 is 50.5 Å². The van der Waals surface area contributed by atoms with E-state index < -0.39 is 28.3 Å². The number of benzene rings is 3. The molecule has 156 valence electrons. The van der Waals surface area contributed by atoms with Crippen molar-refractivity contribution in [3.05, 3.63) is 88.2 Å². The predicted molar refractivity (Wildman–Crippen MR) is 117 cm³/mol. The lowest BCUT2D eigenvalue weighted by Crippen LogP contribution is -2.38. The van der Waals surface area contributed by atoms with E-state index in [1.807, 2.05) is 6.92 Å². The third-order valence-electron chi connectivity index (χ3n) is 4.20. The lowest BCUT2D eigenvalue weighted by atomic mass is 10.2. The van der Waals surface area contributed by atoms with Crippen LogP contribution in [0, 0.1) is 12.7 Å². The van der Waals surface area contributed by atoms with Crippen LogP contribution in [0.25, 0.3) is 0 Å². The van der Waals surface area contributed by atoms with Crippen LogP contribution >= 0.6 is 23.2 Å². The Labute approximate surface area is 184 Å². The molecule has 0 bridgehead atoms. The van der Waals surface area contributed by atoms with E-state index in [0.717, 1.165) is 9.87 Å². The summed E-state index contributed by atoms with van der Waals surface area (Å²) in [7, 11) is -4.13. The summed E-state index contributed by atoms with van der Waals surface area (Å²) in [5.41, 5.74) is 1.28. The summed E-state index contributed by atoms with van der Waals surface area (Å²) in [5, 5.41) is 2.93. The van der Waals surface area contributed by atoms with Gasteiger partial charge in [0.1, 0.15) is 12.4 Å². The van der Waals surface area contributed by atoms with Crippen molar-refractivity contribution in [2.75, 3.05) is 16.2 Å². The average Bonchev–Trinajstić information content (AvgIpc) is 2.70. The normalized spacial score (nSPS) is 11.2. The first-order valence-electron chi connectivity index (χ1n) is 8.77. The zero-order valence-corrected chi connectivity index (χ0v) is 18.1. The van der Waals surface area contributed by atoms with Crippen LogP contribution in [0.2, 0.25) is 10.0 Å². The van der Waals surface area contributed by atoms with Crippen molar-refractivity contribution in [2.24, 2.45) is 0 Å². The summed E-state index contributed by atoms with van der Waals surface area (Å²) in [5.74, 6) is -1.09. The standard InChI is InChI=1S/C21H17Cl2FN2O3S/c1-14-2-9-18(10-3-14)30(28,29)26(20-12-15(22)4-11-19(20)23)13-21(27)25-17-7-5-16(24)6-8-17/h2-12H,13H2,1H3,(H,25,27). The predicted octanol–water partition coefficient (Wildman–Crippen LogP) is 5.27. The van der Waals surface area contributed by atoms with Crippen LogP contribution in [0.5, 0.6) is 0 Å². The first kappa shape index (κ1) is 22.1.